The number of hydrogen-bond donors (Lipinski definition) is 1. The molecule has 1 unspecified atom stereocenters. The van der Waals surface area contributed by atoms with Gasteiger partial charge in [-0.15, -0.1) is 0 Å². The number of aromatic nitrogens is 2. The van der Waals surface area contributed by atoms with E-state index in [0.29, 0.717) is 11.4 Å². The summed E-state index contributed by atoms with van der Waals surface area (Å²) >= 11 is 0. The van der Waals surface area contributed by atoms with Crippen molar-refractivity contribution >= 4 is 11.6 Å². The standard InChI is InChI=1S/C25H20N4O/c1-17-8-7-11-19(16-17)25(30)28-23-24-26-14-15-29(24)21-13-6-5-12-20(21)22(27-23)18-9-3-2-4-10-18/h2-16,23H,1H3,(H,28,30). The maximum absolute atomic E-state index is 13.0. The zero-order valence-corrected chi connectivity index (χ0v) is 16.5. The van der Waals surface area contributed by atoms with Gasteiger partial charge in [-0.1, -0.05) is 66.2 Å². The van der Waals surface area contributed by atoms with E-state index in [4.69, 9.17) is 4.99 Å². The number of carbonyl (C=O) groups excluding carboxylic acids is 1. The van der Waals surface area contributed by atoms with Crippen molar-refractivity contribution in [3.05, 3.63) is 119 Å². The van der Waals surface area contributed by atoms with Crippen LogP contribution in [0.25, 0.3) is 5.69 Å². The van der Waals surface area contributed by atoms with Crippen LogP contribution in [0.4, 0.5) is 0 Å². The van der Waals surface area contributed by atoms with E-state index in [1.54, 1.807) is 6.20 Å². The van der Waals surface area contributed by atoms with E-state index in [-0.39, 0.29) is 5.91 Å². The monoisotopic (exact) mass is 392 g/mol. The number of carbonyl (C=O) groups is 1. The summed E-state index contributed by atoms with van der Waals surface area (Å²) in [5.74, 6) is 0.495. The van der Waals surface area contributed by atoms with Gasteiger partial charge >= 0.3 is 0 Å². The first kappa shape index (κ1) is 18.1. The third-order valence-corrected chi connectivity index (χ3v) is 5.19. The summed E-state index contributed by atoms with van der Waals surface area (Å²) in [7, 11) is 0. The topological polar surface area (TPSA) is 59.3 Å². The van der Waals surface area contributed by atoms with Crippen LogP contribution in [-0.2, 0) is 0 Å². The van der Waals surface area contributed by atoms with Crippen molar-refractivity contribution in [1.82, 2.24) is 14.9 Å². The zero-order chi connectivity index (χ0) is 20.5. The second-order valence-electron chi connectivity index (χ2n) is 7.26. The highest BCUT2D eigenvalue weighted by Crippen LogP contribution is 2.29. The molecule has 3 aromatic carbocycles. The Hall–Kier alpha value is -3.99. The van der Waals surface area contributed by atoms with Crippen LogP contribution < -0.4 is 5.32 Å². The fraction of sp³-hybridized carbons (Fsp3) is 0.0800. The maximum atomic E-state index is 13.0. The van der Waals surface area contributed by atoms with Crippen LogP contribution in [-0.4, -0.2) is 21.2 Å². The molecule has 1 aliphatic heterocycles. The Balaban J connectivity index is 1.64. The average Bonchev–Trinajstić information content (AvgIpc) is 3.22. The molecule has 1 aliphatic rings. The van der Waals surface area contributed by atoms with E-state index in [0.717, 1.165) is 28.1 Å². The van der Waals surface area contributed by atoms with Gasteiger partial charge in [-0.25, -0.2) is 4.98 Å². The predicted octanol–water partition coefficient (Wildman–Crippen LogP) is 4.46. The molecule has 0 aliphatic carbocycles. The number of nitrogens with zero attached hydrogens (tertiary/aromatic N) is 3. The molecular weight excluding hydrogens is 372 g/mol. The number of rotatable bonds is 3. The molecule has 146 valence electrons. The first-order valence-corrected chi connectivity index (χ1v) is 9.84. The van der Waals surface area contributed by atoms with Crippen LogP contribution >= 0.6 is 0 Å². The molecule has 5 nitrogen and oxygen atoms in total. The molecule has 2 heterocycles. The number of amides is 1. The summed E-state index contributed by atoms with van der Waals surface area (Å²) in [6, 6.07) is 25.6. The van der Waals surface area contributed by atoms with Crippen molar-refractivity contribution in [2.75, 3.05) is 0 Å². The molecule has 1 atom stereocenters. The Kier molecular flexibility index (Phi) is 4.48. The third-order valence-electron chi connectivity index (χ3n) is 5.19. The highest BCUT2D eigenvalue weighted by molar-refractivity contribution is 6.15. The molecule has 1 amide bonds. The van der Waals surface area contributed by atoms with Gasteiger partial charge in [-0.2, -0.15) is 0 Å². The minimum absolute atomic E-state index is 0.180. The minimum atomic E-state index is -0.615. The Morgan fingerprint density at radius 2 is 1.77 bits per heavy atom. The number of fused-ring (bicyclic) bond motifs is 3. The van der Waals surface area contributed by atoms with Gasteiger partial charge in [0.05, 0.1) is 11.4 Å². The van der Waals surface area contributed by atoms with Crippen LogP contribution in [0, 0.1) is 6.92 Å². The van der Waals surface area contributed by atoms with Gasteiger partial charge in [0.2, 0.25) is 0 Å². The maximum Gasteiger partial charge on any atom is 0.253 e. The van der Waals surface area contributed by atoms with E-state index < -0.39 is 6.17 Å². The van der Waals surface area contributed by atoms with Gasteiger partial charge in [-0.3, -0.25) is 14.4 Å². The Morgan fingerprint density at radius 1 is 0.967 bits per heavy atom. The minimum Gasteiger partial charge on any atom is -0.324 e. The SMILES string of the molecule is Cc1cccc(C(=O)NC2N=C(c3ccccc3)c3ccccc3-n3ccnc32)c1. The van der Waals surface area contributed by atoms with Gasteiger partial charge < -0.3 is 5.32 Å². The molecular formula is C25H20N4O. The normalized spacial score (nSPS) is 14.8. The lowest BCUT2D eigenvalue weighted by molar-refractivity contribution is 0.0936. The van der Waals surface area contributed by atoms with Crippen LogP contribution in [0.15, 0.2) is 96.2 Å². The Morgan fingerprint density at radius 3 is 2.60 bits per heavy atom. The fourth-order valence-corrected chi connectivity index (χ4v) is 3.78. The van der Waals surface area contributed by atoms with E-state index >= 15 is 0 Å². The van der Waals surface area contributed by atoms with Crippen molar-refractivity contribution in [2.24, 2.45) is 4.99 Å². The first-order chi connectivity index (χ1) is 14.7. The van der Waals surface area contributed by atoms with Crippen LogP contribution in [0.2, 0.25) is 0 Å². The summed E-state index contributed by atoms with van der Waals surface area (Å²) in [6.45, 7) is 1.97. The van der Waals surface area contributed by atoms with Crippen molar-refractivity contribution in [3.63, 3.8) is 0 Å². The molecule has 0 radical (unpaired) electrons. The largest absolute Gasteiger partial charge is 0.324 e. The lowest BCUT2D eigenvalue weighted by Gasteiger charge is -2.15. The van der Waals surface area contributed by atoms with Crippen LogP contribution in [0.3, 0.4) is 0 Å². The summed E-state index contributed by atoms with van der Waals surface area (Å²) in [4.78, 5) is 22.5. The molecule has 0 spiro atoms. The third kappa shape index (κ3) is 3.20. The van der Waals surface area contributed by atoms with Gasteiger partial charge in [0.25, 0.3) is 5.91 Å². The molecule has 0 bridgehead atoms. The Labute approximate surface area is 174 Å². The van der Waals surface area contributed by atoms with Gasteiger partial charge in [0.1, 0.15) is 0 Å². The molecule has 0 fully saturated rings. The highest BCUT2D eigenvalue weighted by Gasteiger charge is 2.27. The second-order valence-corrected chi connectivity index (χ2v) is 7.26. The lowest BCUT2D eigenvalue weighted by Crippen LogP contribution is -2.29. The smallest absolute Gasteiger partial charge is 0.253 e. The van der Waals surface area contributed by atoms with Gasteiger partial charge in [0, 0.05) is 29.1 Å². The van der Waals surface area contributed by atoms with Gasteiger partial charge in [-0.05, 0) is 25.1 Å². The summed E-state index contributed by atoms with van der Waals surface area (Å²) in [6.07, 6.45) is 3.03. The van der Waals surface area contributed by atoms with E-state index in [1.165, 1.54) is 0 Å². The first-order valence-electron chi connectivity index (χ1n) is 9.84. The number of benzene rings is 3. The van der Waals surface area contributed by atoms with Crippen molar-refractivity contribution in [1.29, 1.82) is 0 Å². The number of nitrogens with one attached hydrogen (secondary N) is 1. The molecule has 5 rings (SSSR count). The highest BCUT2D eigenvalue weighted by atomic mass is 16.1. The predicted molar refractivity (Wildman–Crippen MR) is 117 cm³/mol. The quantitative estimate of drug-likeness (QED) is 0.560. The van der Waals surface area contributed by atoms with E-state index in [9.17, 15) is 4.79 Å². The number of para-hydroxylation sites is 1. The fourth-order valence-electron chi connectivity index (χ4n) is 3.78. The van der Waals surface area contributed by atoms with Crippen molar-refractivity contribution < 1.29 is 4.79 Å². The number of hydrogen-bond acceptors (Lipinski definition) is 3. The number of aryl methyl sites for hydroxylation is 1. The molecule has 1 aromatic heterocycles. The lowest BCUT2D eigenvalue weighted by atomic mass is 10.0. The Bertz CT molecular complexity index is 1260. The van der Waals surface area contributed by atoms with E-state index in [1.807, 2.05) is 90.5 Å². The second kappa shape index (κ2) is 7.44. The van der Waals surface area contributed by atoms with Crippen molar-refractivity contribution in [3.8, 4) is 5.69 Å². The zero-order valence-electron chi connectivity index (χ0n) is 16.5. The van der Waals surface area contributed by atoms with Crippen LogP contribution in [0.5, 0.6) is 0 Å². The number of imidazole rings is 1. The van der Waals surface area contributed by atoms with Gasteiger partial charge in [0.15, 0.2) is 12.0 Å². The molecule has 4 aromatic rings. The average molecular weight is 392 g/mol. The summed E-state index contributed by atoms with van der Waals surface area (Å²) in [5, 5.41) is 3.07. The number of aliphatic imine (C=N–C) groups is 1. The van der Waals surface area contributed by atoms with E-state index in [2.05, 4.69) is 16.4 Å². The molecule has 0 saturated carbocycles. The molecule has 5 heteroatoms. The van der Waals surface area contributed by atoms with Crippen LogP contribution in [0.1, 0.15) is 39.0 Å². The summed E-state index contributed by atoms with van der Waals surface area (Å²) < 4.78 is 2.00. The summed E-state index contributed by atoms with van der Waals surface area (Å²) in [5.41, 5.74) is 5.43. The molecule has 30 heavy (non-hydrogen) atoms. The van der Waals surface area contributed by atoms with Crippen molar-refractivity contribution in [2.45, 2.75) is 13.1 Å². The molecule has 1 N–H and O–H groups in total. The molecule has 0 saturated heterocycles.